The molecule has 1 aromatic heterocycles. The molecule has 2 aromatic carbocycles. The van der Waals surface area contributed by atoms with Crippen molar-refractivity contribution in [2.45, 2.75) is 0 Å². The number of anilines is 3. The molecule has 3 aromatic rings. The number of nitrogens with zero attached hydrogens (tertiary/aromatic N) is 3. The van der Waals surface area contributed by atoms with Crippen molar-refractivity contribution in [1.29, 1.82) is 0 Å². The van der Waals surface area contributed by atoms with E-state index in [1.807, 2.05) is 42.8 Å². The number of nitrogen functional groups attached to an aromatic ring is 1. The first-order valence-corrected chi connectivity index (χ1v) is 9.83. The highest BCUT2D eigenvalue weighted by atomic mass is 16.5. The molecule has 0 amide bonds. The highest BCUT2D eigenvalue weighted by molar-refractivity contribution is 6.12. The Kier molecular flexibility index (Phi) is 4.51. The maximum absolute atomic E-state index is 6.43. The molecule has 0 spiro atoms. The number of aromatic nitrogens is 1. The van der Waals surface area contributed by atoms with Gasteiger partial charge in [-0.3, -0.25) is 9.98 Å². The predicted octanol–water partition coefficient (Wildman–Crippen LogP) is 4.35. The van der Waals surface area contributed by atoms with E-state index in [4.69, 9.17) is 19.9 Å². The standard InChI is InChI=1S/C24H22N4O3/c1-29-21-8-15(9-22(30-2)24(21)31-3)28-13-14-11-26-6-4-16(14)18-10-20(25)17-5-7-27-12-19(17)23(18)28/h4-10,12-13H,11,25H2,1-3H3. The summed E-state index contributed by atoms with van der Waals surface area (Å²) in [7, 11) is 4.82. The first-order chi connectivity index (χ1) is 15.2. The summed E-state index contributed by atoms with van der Waals surface area (Å²) in [4.78, 5) is 10.9. The van der Waals surface area contributed by atoms with E-state index in [2.05, 4.69) is 21.1 Å². The molecular formula is C24H22N4O3. The van der Waals surface area contributed by atoms with Crippen molar-refractivity contribution in [2.24, 2.45) is 4.99 Å². The molecule has 2 N–H and O–H groups in total. The van der Waals surface area contributed by atoms with Crippen molar-refractivity contribution in [3.63, 3.8) is 0 Å². The van der Waals surface area contributed by atoms with E-state index in [0.717, 1.165) is 38.9 Å². The molecule has 0 aliphatic carbocycles. The average molecular weight is 414 g/mol. The molecule has 0 saturated carbocycles. The quantitative estimate of drug-likeness (QED) is 0.640. The average Bonchev–Trinajstić information content (AvgIpc) is 2.82. The third-order valence-electron chi connectivity index (χ3n) is 5.64. The van der Waals surface area contributed by atoms with E-state index in [1.165, 1.54) is 0 Å². The van der Waals surface area contributed by atoms with E-state index in [9.17, 15) is 0 Å². The van der Waals surface area contributed by atoms with E-state index >= 15 is 0 Å². The fourth-order valence-electron chi connectivity index (χ4n) is 4.22. The van der Waals surface area contributed by atoms with Crippen LogP contribution in [0.1, 0.15) is 5.56 Å². The number of methoxy groups -OCH3 is 3. The van der Waals surface area contributed by atoms with Crippen molar-refractivity contribution < 1.29 is 14.2 Å². The minimum absolute atomic E-state index is 0.547. The zero-order valence-electron chi connectivity index (χ0n) is 17.5. The van der Waals surface area contributed by atoms with E-state index < -0.39 is 0 Å². The number of benzene rings is 2. The van der Waals surface area contributed by atoms with Crippen LogP contribution in [0.3, 0.4) is 0 Å². The molecule has 156 valence electrons. The van der Waals surface area contributed by atoms with Gasteiger partial charge in [0.1, 0.15) is 0 Å². The molecule has 7 nitrogen and oxygen atoms in total. The third-order valence-corrected chi connectivity index (χ3v) is 5.64. The number of fused-ring (bicyclic) bond motifs is 5. The Balaban J connectivity index is 1.83. The zero-order chi connectivity index (χ0) is 21.5. The lowest BCUT2D eigenvalue weighted by atomic mass is 9.88. The van der Waals surface area contributed by atoms with Crippen LogP contribution >= 0.6 is 0 Å². The Morgan fingerprint density at radius 3 is 2.48 bits per heavy atom. The highest BCUT2D eigenvalue weighted by Gasteiger charge is 2.28. The minimum Gasteiger partial charge on any atom is -0.493 e. The van der Waals surface area contributed by atoms with Gasteiger partial charge in [-0.05, 0) is 29.4 Å². The molecule has 31 heavy (non-hydrogen) atoms. The summed E-state index contributed by atoms with van der Waals surface area (Å²) in [6.07, 6.45) is 9.59. The van der Waals surface area contributed by atoms with Crippen LogP contribution in [-0.2, 0) is 0 Å². The molecule has 5 rings (SSSR count). The van der Waals surface area contributed by atoms with Gasteiger partial charge in [0.25, 0.3) is 0 Å². The van der Waals surface area contributed by atoms with E-state index in [0.29, 0.717) is 29.5 Å². The first-order valence-electron chi connectivity index (χ1n) is 9.83. The van der Waals surface area contributed by atoms with Gasteiger partial charge >= 0.3 is 0 Å². The maximum atomic E-state index is 6.43. The van der Waals surface area contributed by atoms with Gasteiger partial charge in [-0.25, -0.2) is 0 Å². The molecule has 0 saturated heterocycles. The number of pyridine rings is 1. The van der Waals surface area contributed by atoms with Crippen LogP contribution in [0.4, 0.5) is 17.1 Å². The van der Waals surface area contributed by atoms with Crippen LogP contribution in [-0.4, -0.2) is 39.1 Å². The number of nitrogens with two attached hydrogens (primary N) is 1. The number of allylic oxidation sites excluding steroid dienone is 1. The number of rotatable bonds is 4. The second-order valence-corrected chi connectivity index (χ2v) is 7.26. The molecule has 0 bridgehead atoms. The van der Waals surface area contributed by atoms with E-state index in [-0.39, 0.29) is 0 Å². The van der Waals surface area contributed by atoms with Gasteiger partial charge in [0, 0.05) is 59.0 Å². The van der Waals surface area contributed by atoms with Gasteiger partial charge in [0.15, 0.2) is 11.5 Å². The smallest absolute Gasteiger partial charge is 0.203 e. The lowest BCUT2D eigenvalue weighted by Gasteiger charge is -2.33. The number of aliphatic imine (C=N–C) groups is 1. The predicted molar refractivity (Wildman–Crippen MR) is 124 cm³/mol. The molecule has 7 heteroatoms. The number of hydrogen-bond acceptors (Lipinski definition) is 7. The van der Waals surface area contributed by atoms with Crippen LogP contribution in [0.2, 0.25) is 0 Å². The largest absolute Gasteiger partial charge is 0.493 e. The van der Waals surface area contributed by atoms with Crippen molar-refractivity contribution in [1.82, 2.24) is 4.98 Å². The summed E-state index contributed by atoms with van der Waals surface area (Å²) in [6.45, 7) is 0.594. The topological polar surface area (TPSA) is 82.2 Å². The van der Waals surface area contributed by atoms with Crippen molar-refractivity contribution in [2.75, 3.05) is 38.5 Å². The summed E-state index contributed by atoms with van der Waals surface area (Å²) in [5.41, 5.74) is 12.3. The second kappa shape index (κ2) is 7.36. The van der Waals surface area contributed by atoms with Crippen molar-refractivity contribution in [3.8, 4) is 17.2 Å². The Morgan fingerprint density at radius 1 is 1.00 bits per heavy atom. The highest BCUT2D eigenvalue weighted by Crippen LogP contribution is 2.49. The molecular weight excluding hydrogens is 392 g/mol. The van der Waals surface area contributed by atoms with Gasteiger partial charge in [-0.1, -0.05) is 0 Å². The molecule has 3 heterocycles. The van der Waals surface area contributed by atoms with Crippen LogP contribution in [0.25, 0.3) is 16.3 Å². The lowest BCUT2D eigenvalue weighted by molar-refractivity contribution is 0.324. The van der Waals surface area contributed by atoms with Gasteiger partial charge in [-0.2, -0.15) is 0 Å². The molecule has 0 unspecified atom stereocenters. The summed E-state index contributed by atoms with van der Waals surface area (Å²) in [5.74, 6) is 1.71. The molecule has 0 fully saturated rings. The van der Waals surface area contributed by atoms with Crippen LogP contribution in [0, 0.1) is 0 Å². The monoisotopic (exact) mass is 414 g/mol. The number of dihydropyridines is 1. The van der Waals surface area contributed by atoms with Crippen LogP contribution in [0.5, 0.6) is 17.2 Å². The van der Waals surface area contributed by atoms with E-state index in [1.54, 1.807) is 27.5 Å². The SMILES string of the molecule is COc1cc(N2C=C3CN=CC=C3c3cc(N)c4ccncc4c32)cc(OC)c1OC. The minimum atomic E-state index is 0.547. The second-order valence-electron chi connectivity index (χ2n) is 7.26. The summed E-state index contributed by atoms with van der Waals surface area (Å²) < 4.78 is 16.7. The number of ether oxygens (including phenoxy) is 3. The molecule has 2 aliphatic rings. The van der Waals surface area contributed by atoms with Crippen LogP contribution in [0.15, 0.2) is 59.5 Å². The Bertz CT molecular complexity index is 1270. The Morgan fingerprint density at radius 2 is 1.77 bits per heavy atom. The van der Waals surface area contributed by atoms with Crippen molar-refractivity contribution in [3.05, 3.63) is 60.1 Å². The molecule has 2 aliphatic heterocycles. The summed E-state index contributed by atoms with van der Waals surface area (Å²) in [5, 5.41) is 1.91. The summed E-state index contributed by atoms with van der Waals surface area (Å²) in [6, 6.07) is 7.83. The van der Waals surface area contributed by atoms with Crippen LogP contribution < -0.4 is 24.8 Å². The number of hydrogen-bond donors (Lipinski definition) is 1. The first kappa shape index (κ1) is 19.0. The lowest BCUT2D eigenvalue weighted by Crippen LogP contribution is -2.20. The van der Waals surface area contributed by atoms with Crippen molar-refractivity contribution >= 4 is 39.6 Å². The normalized spacial score (nSPS) is 14.5. The molecule has 0 atom stereocenters. The van der Waals surface area contributed by atoms with Gasteiger partial charge in [0.2, 0.25) is 5.75 Å². The molecule has 0 radical (unpaired) electrons. The Labute approximate surface area is 180 Å². The fraction of sp³-hybridized carbons (Fsp3) is 0.167. The Hall–Kier alpha value is -4.00. The van der Waals surface area contributed by atoms with Gasteiger partial charge in [0.05, 0.1) is 39.2 Å². The maximum Gasteiger partial charge on any atom is 0.203 e. The summed E-state index contributed by atoms with van der Waals surface area (Å²) >= 11 is 0. The fourth-order valence-corrected chi connectivity index (χ4v) is 4.22. The van der Waals surface area contributed by atoms with Gasteiger partial charge in [-0.15, -0.1) is 0 Å². The zero-order valence-corrected chi connectivity index (χ0v) is 17.5. The third kappa shape index (κ3) is 2.89. The van der Waals surface area contributed by atoms with Gasteiger partial charge < -0.3 is 24.8 Å².